The van der Waals surface area contributed by atoms with Gasteiger partial charge in [0.05, 0.1) is 12.2 Å². The number of hydrogen-bond acceptors (Lipinski definition) is 6. The van der Waals surface area contributed by atoms with E-state index in [1.807, 2.05) is 17.0 Å². The van der Waals surface area contributed by atoms with E-state index in [0.717, 1.165) is 68.5 Å². The molecule has 1 saturated heterocycles. The zero-order valence-electron chi connectivity index (χ0n) is 23.2. The zero-order chi connectivity index (χ0) is 27.5. The van der Waals surface area contributed by atoms with Crippen molar-refractivity contribution in [1.82, 2.24) is 25.0 Å². The number of rotatable bonds is 13. The van der Waals surface area contributed by atoms with Gasteiger partial charge in [0.15, 0.2) is 0 Å². The normalized spacial score (nSPS) is 14.4. The van der Waals surface area contributed by atoms with Gasteiger partial charge in [-0.3, -0.25) is 0 Å². The maximum atomic E-state index is 13.3. The molecule has 4 rings (SSSR count). The van der Waals surface area contributed by atoms with Gasteiger partial charge in [-0.05, 0) is 56.7 Å². The third-order valence-corrected chi connectivity index (χ3v) is 8.18. The second-order valence-corrected chi connectivity index (χ2v) is 11.5. The van der Waals surface area contributed by atoms with Gasteiger partial charge in [-0.2, -0.15) is 0 Å². The Morgan fingerprint density at radius 2 is 1.90 bits per heavy atom. The molecule has 210 valence electrons. The van der Waals surface area contributed by atoms with Gasteiger partial charge in [0.1, 0.15) is 5.01 Å². The van der Waals surface area contributed by atoms with Gasteiger partial charge < -0.3 is 25.3 Å². The number of amides is 2. The zero-order valence-corrected chi connectivity index (χ0v) is 24.7. The van der Waals surface area contributed by atoms with Crippen LogP contribution in [0.25, 0.3) is 10.6 Å². The fraction of sp³-hybridized carbons (Fsp3) is 0.467. The Balaban J connectivity index is 1.37. The van der Waals surface area contributed by atoms with E-state index in [4.69, 9.17) is 16.6 Å². The molecule has 3 aromatic rings. The van der Waals surface area contributed by atoms with Gasteiger partial charge >= 0.3 is 6.03 Å². The van der Waals surface area contributed by atoms with Crippen molar-refractivity contribution in [1.29, 1.82) is 0 Å². The quantitative estimate of drug-likeness (QED) is 0.247. The lowest BCUT2D eigenvalue weighted by molar-refractivity contribution is 0.147. The fourth-order valence-electron chi connectivity index (χ4n) is 4.59. The van der Waals surface area contributed by atoms with Crippen molar-refractivity contribution in [2.75, 3.05) is 58.2 Å². The molecule has 0 saturated carbocycles. The number of anilines is 1. The van der Waals surface area contributed by atoms with Crippen molar-refractivity contribution in [2.45, 2.75) is 39.3 Å². The van der Waals surface area contributed by atoms with Crippen LogP contribution >= 0.6 is 22.9 Å². The van der Waals surface area contributed by atoms with Gasteiger partial charge in [0, 0.05) is 60.9 Å². The molecule has 0 bridgehead atoms. The molecule has 0 radical (unpaired) electrons. The first-order valence-corrected chi connectivity index (χ1v) is 15.2. The Morgan fingerprint density at radius 1 is 1.10 bits per heavy atom. The second-order valence-electron chi connectivity index (χ2n) is 10.2. The molecule has 0 unspecified atom stereocenters. The first-order chi connectivity index (χ1) is 19.0. The van der Waals surface area contributed by atoms with E-state index in [0.29, 0.717) is 23.8 Å². The number of halogens is 1. The van der Waals surface area contributed by atoms with Crippen molar-refractivity contribution >= 4 is 34.7 Å². The van der Waals surface area contributed by atoms with Crippen molar-refractivity contribution in [3.63, 3.8) is 0 Å². The summed E-state index contributed by atoms with van der Waals surface area (Å²) in [6.45, 7) is 10.6. The van der Waals surface area contributed by atoms with Gasteiger partial charge in [-0.15, -0.1) is 11.3 Å². The molecule has 2 aromatic carbocycles. The first-order valence-electron chi connectivity index (χ1n) is 14.0. The number of thiazole rings is 1. The van der Waals surface area contributed by atoms with Crippen LogP contribution in [0.5, 0.6) is 0 Å². The molecule has 1 fully saturated rings. The van der Waals surface area contributed by atoms with Crippen molar-refractivity contribution < 1.29 is 4.79 Å². The average molecular weight is 569 g/mol. The highest BCUT2D eigenvalue weighted by Gasteiger charge is 2.18. The average Bonchev–Trinajstić information content (AvgIpc) is 3.40. The minimum absolute atomic E-state index is 0.134. The van der Waals surface area contributed by atoms with Crippen LogP contribution in [0.3, 0.4) is 0 Å². The standard InChI is InChI=1S/C30H41ClN6OS/c1-3-4-13-32-21-24-9-11-25(12-10-24)29-33-28(23-39-29)22-37(15-6-14-36-18-16-35(2)17-19-36)30(38)34-27-8-5-7-26(31)20-27/h5,7-12,20,23,32H,3-4,6,13-19,21-22H2,1-2H3,(H,34,38). The van der Waals surface area contributed by atoms with Crippen LogP contribution in [0.2, 0.25) is 5.02 Å². The van der Waals surface area contributed by atoms with Crippen LogP contribution in [-0.2, 0) is 13.1 Å². The van der Waals surface area contributed by atoms with E-state index in [-0.39, 0.29) is 6.03 Å². The maximum absolute atomic E-state index is 13.3. The van der Waals surface area contributed by atoms with Crippen molar-refractivity contribution in [2.24, 2.45) is 0 Å². The summed E-state index contributed by atoms with van der Waals surface area (Å²) in [4.78, 5) is 24.9. The minimum atomic E-state index is -0.134. The SMILES string of the molecule is CCCCNCc1ccc(-c2nc(CN(CCCN3CCN(C)CC3)C(=O)Nc3cccc(Cl)c3)cs2)cc1. The molecule has 1 aliphatic rings. The Kier molecular flexibility index (Phi) is 11.6. The number of unbranched alkanes of at least 4 members (excludes halogenated alkanes) is 1. The van der Waals surface area contributed by atoms with Crippen molar-refractivity contribution in [3.05, 3.63) is 70.2 Å². The number of aromatic nitrogens is 1. The first kappa shape index (κ1) is 29.5. The van der Waals surface area contributed by atoms with Gasteiger partial charge in [0.2, 0.25) is 0 Å². The number of hydrogen-bond donors (Lipinski definition) is 2. The molecule has 0 aliphatic carbocycles. The fourth-order valence-corrected chi connectivity index (χ4v) is 5.59. The van der Waals surface area contributed by atoms with Crippen LogP contribution < -0.4 is 10.6 Å². The largest absolute Gasteiger partial charge is 0.322 e. The van der Waals surface area contributed by atoms with Crippen LogP contribution in [0.15, 0.2) is 53.9 Å². The summed E-state index contributed by atoms with van der Waals surface area (Å²) in [6, 6.07) is 15.7. The number of likely N-dealkylation sites (N-methyl/N-ethyl adjacent to an activating group) is 1. The van der Waals surface area contributed by atoms with Crippen LogP contribution in [0, 0.1) is 0 Å². The van der Waals surface area contributed by atoms with E-state index >= 15 is 0 Å². The van der Waals surface area contributed by atoms with E-state index in [2.05, 4.69) is 64.1 Å². The molecule has 2 heterocycles. The Labute approximate surface area is 242 Å². The highest BCUT2D eigenvalue weighted by Crippen LogP contribution is 2.25. The lowest BCUT2D eigenvalue weighted by atomic mass is 10.1. The van der Waals surface area contributed by atoms with E-state index in [1.54, 1.807) is 23.5 Å². The molecule has 1 aromatic heterocycles. The Hall–Kier alpha value is -2.49. The highest BCUT2D eigenvalue weighted by molar-refractivity contribution is 7.13. The Bertz CT molecular complexity index is 1160. The number of carbonyl (C=O) groups is 1. The lowest BCUT2D eigenvalue weighted by Crippen LogP contribution is -2.45. The Morgan fingerprint density at radius 3 is 2.64 bits per heavy atom. The van der Waals surface area contributed by atoms with Crippen LogP contribution in [0.4, 0.5) is 10.5 Å². The maximum Gasteiger partial charge on any atom is 0.322 e. The smallest absolute Gasteiger partial charge is 0.319 e. The van der Waals surface area contributed by atoms with E-state index < -0.39 is 0 Å². The van der Waals surface area contributed by atoms with E-state index in [1.165, 1.54) is 18.4 Å². The second kappa shape index (κ2) is 15.3. The molecular weight excluding hydrogens is 528 g/mol. The summed E-state index contributed by atoms with van der Waals surface area (Å²) in [6.07, 6.45) is 3.32. The molecular formula is C30H41ClN6OS. The van der Waals surface area contributed by atoms with Crippen molar-refractivity contribution in [3.8, 4) is 10.6 Å². The predicted octanol–water partition coefficient (Wildman–Crippen LogP) is 6.02. The summed E-state index contributed by atoms with van der Waals surface area (Å²) >= 11 is 7.76. The molecule has 2 N–H and O–H groups in total. The molecule has 0 spiro atoms. The van der Waals surface area contributed by atoms with E-state index in [9.17, 15) is 4.79 Å². The predicted molar refractivity (Wildman–Crippen MR) is 164 cm³/mol. The van der Waals surface area contributed by atoms with Gasteiger partial charge in [-0.25, -0.2) is 9.78 Å². The highest BCUT2D eigenvalue weighted by atomic mass is 35.5. The van der Waals surface area contributed by atoms with Gasteiger partial charge in [0.25, 0.3) is 0 Å². The molecule has 9 heteroatoms. The van der Waals surface area contributed by atoms with Gasteiger partial charge in [-0.1, -0.05) is 55.3 Å². The summed E-state index contributed by atoms with van der Waals surface area (Å²) in [7, 11) is 2.17. The number of nitrogens with one attached hydrogen (secondary N) is 2. The topological polar surface area (TPSA) is 63.7 Å². The number of nitrogens with zero attached hydrogens (tertiary/aromatic N) is 4. The molecule has 2 amide bonds. The summed E-state index contributed by atoms with van der Waals surface area (Å²) < 4.78 is 0. The summed E-state index contributed by atoms with van der Waals surface area (Å²) in [5.41, 5.74) is 3.98. The molecule has 1 aliphatic heterocycles. The van der Waals surface area contributed by atoms with Crippen LogP contribution in [0.1, 0.15) is 37.4 Å². The summed E-state index contributed by atoms with van der Waals surface area (Å²) in [5.74, 6) is 0. The molecule has 0 atom stereocenters. The third-order valence-electron chi connectivity index (χ3n) is 7.00. The molecule has 39 heavy (non-hydrogen) atoms. The number of benzene rings is 2. The number of piperazine rings is 1. The number of urea groups is 1. The monoisotopic (exact) mass is 568 g/mol. The minimum Gasteiger partial charge on any atom is -0.319 e. The van der Waals surface area contributed by atoms with Crippen LogP contribution in [-0.4, -0.2) is 78.6 Å². The lowest BCUT2D eigenvalue weighted by Gasteiger charge is -2.33. The third kappa shape index (κ3) is 9.58. The summed E-state index contributed by atoms with van der Waals surface area (Å²) in [5, 5.41) is 10.1. The number of carbonyl (C=O) groups excluding carboxylic acids is 1. The molecule has 7 nitrogen and oxygen atoms in total.